The van der Waals surface area contributed by atoms with Gasteiger partial charge in [-0.3, -0.25) is 4.79 Å². The van der Waals surface area contributed by atoms with Gasteiger partial charge in [-0.1, -0.05) is 36.4 Å². The molecule has 0 spiro atoms. The second kappa shape index (κ2) is 5.49. The van der Waals surface area contributed by atoms with Crippen LogP contribution in [0.4, 0.5) is 0 Å². The van der Waals surface area contributed by atoms with E-state index in [4.69, 9.17) is 4.74 Å². The number of ether oxygens (including phenoxy) is 1. The molecule has 1 aliphatic rings. The summed E-state index contributed by atoms with van der Waals surface area (Å²) in [5, 5.41) is 0. The maximum absolute atomic E-state index is 12.8. The monoisotopic (exact) mass is 266 g/mol. The number of Topliss-reactive ketones (excluding diaryl/α,β-unsaturated/α-hetero) is 1. The molecule has 0 saturated heterocycles. The zero-order valence-corrected chi connectivity index (χ0v) is 11.6. The van der Waals surface area contributed by atoms with Crippen molar-refractivity contribution in [3.63, 3.8) is 0 Å². The summed E-state index contributed by atoms with van der Waals surface area (Å²) in [6, 6.07) is 15.9. The number of rotatable bonds is 2. The summed E-state index contributed by atoms with van der Waals surface area (Å²) in [4.78, 5) is 12.8. The number of benzene rings is 2. The van der Waals surface area contributed by atoms with Gasteiger partial charge in [0.25, 0.3) is 0 Å². The molecule has 0 N–H and O–H groups in total. The highest BCUT2D eigenvalue weighted by molar-refractivity contribution is 6.02. The molecule has 1 atom stereocenters. The lowest BCUT2D eigenvalue weighted by Crippen LogP contribution is -2.12. The highest BCUT2D eigenvalue weighted by Gasteiger charge is 2.26. The van der Waals surface area contributed by atoms with E-state index in [1.54, 1.807) is 7.11 Å². The summed E-state index contributed by atoms with van der Waals surface area (Å²) >= 11 is 0. The van der Waals surface area contributed by atoms with Crippen LogP contribution in [-0.4, -0.2) is 12.9 Å². The van der Waals surface area contributed by atoms with E-state index in [2.05, 4.69) is 6.07 Å². The Hall–Kier alpha value is -2.09. The lowest BCUT2D eigenvalue weighted by molar-refractivity contribution is 0.0957. The van der Waals surface area contributed by atoms with Gasteiger partial charge in [0.05, 0.1) is 7.11 Å². The molecule has 0 heterocycles. The van der Waals surface area contributed by atoms with Crippen molar-refractivity contribution in [1.82, 2.24) is 0 Å². The molecule has 0 amide bonds. The first-order valence-corrected chi connectivity index (χ1v) is 7.05. The van der Waals surface area contributed by atoms with Gasteiger partial charge in [0.1, 0.15) is 5.75 Å². The van der Waals surface area contributed by atoms with E-state index in [1.807, 2.05) is 42.5 Å². The van der Waals surface area contributed by atoms with Crippen molar-refractivity contribution in [1.29, 1.82) is 0 Å². The number of carbonyl (C=O) groups excluding carboxylic acids is 1. The standard InChI is InChI=1S/C18H18O2/c1-20-15-11-9-14(10-12-15)17-8-4-6-13-5-2-3-7-16(13)18(17)19/h2-3,5,7,9-12,17H,4,6,8H2,1H3/t17-/m1/s1. The number of ketones is 1. The molecular formula is C18H18O2. The van der Waals surface area contributed by atoms with Crippen LogP contribution in [0.2, 0.25) is 0 Å². The minimum absolute atomic E-state index is 0.0236. The van der Waals surface area contributed by atoms with E-state index in [9.17, 15) is 4.79 Å². The van der Waals surface area contributed by atoms with Crippen molar-refractivity contribution in [2.24, 2.45) is 0 Å². The number of fused-ring (bicyclic) bond motifs is 1. The maximum atomic E-state index is 12.8. The van der Waals surface area contributed by atoms with Gasteiger partial charge in [-0.15, -0.1) is 0 Å². The highest BCUT2D eigenvalue weighted by Crippen LogP contribution is 2.32. The normalized spacial score (nSPS) is 18.2. The third-order valence-electron chi connectivity index (χ3n) is 4.06. The van der Waals surface area contributed by atoms with E-state index >= 15 is 0 Å². The first-order chi connectivity index (χ1) is 9.79. The average Bonchev–Trinajstić information content (AvgIpc) is 2.67. The minimum atomic E-state index is -0.0236. The maximum Gasteiger partial charge on any atom is 0.170 e. The fraction of sp³-hybridized carbons (Fsp3) is 0.278. The Kier molecular flexibility index (Phi) is 3.55. The van der Waals surface area contributed by atoms with Crippen LogP contribution in [0.3, 0.4) is 0 Å². The van der Waals surface area contributed by atoms with Crippen molar-refractivity contribution in [2.75, 3.05) is 7.11 Å². The van der Waals surface area contributed by atoms with Crippen LogP contribution in [0.15, 0.2) is 48.5 Å². The molecule has 1 aliphatic carbocycles. The third kappa shape index (κ3) is 2.34. The zero-order chi connectivity index (χ0) is 13.9. The molecule has 0 fully saturated rings. The molecule has 0 bridgehead atoms. The summed E-state index contributed by atoms with van der Waals surface area (Å²) in [5.41, 5.74) is 3.17. The second-order valence-electron chi connectivity index (χ2n) is 5.24. The molecule has 0 saturated carbocycles. The molecule has 2 aromatic rings. The van der Waals surface area contributed by atoms with Crippen molar-refractivity contribution < 1.29 is 9.53 Å². The molecule has 0 unspecified atom stereocenters. The number of carbonyl (C=O) groups is 1. The van der Waals surface area contributed by atoms with Gasteiger partial charge in [0.2, 0.25) is 0 Å². The Bertz CT molecular complexity index is 614. The average molecular weight is 266 g/mol. The van der Waals surface area contributed by atoms with Crippen molar-refractivity contribution in [2.45, 2.75) is 25.2 Å². The van der Waals surface area contributed by atoms with Crippen LogP contribution in [0.5, 0.6) is 5.75 Å². The summed E-state index contributed by atoms with van der Waals surface area (Å²) in [6.45, 7) is 0. The molecule has 20 heavy (non-hydrogen) atoms. The van der Waals surface area contributed by atoms with E-state index in [0.29, 0.717) is 0 Å². The fourth-order valence-electron chi connectivity index (χ4n) is 2.95. The Balaban J connectivity index is 1.95. The van der Waals surface area contributed by atoms with Gasteiger partial charge < -0.3 is 4.74 Å². The van der Waals surface area contributed by atoms with Crippen LogP contribution >= 0.6 is 0 Å². The predicted molar refractivity (Wildman–Crippen MR) is 79.4 cm³/mol. The van der Waals surface area contributed by atoms with Crippen molar-refractivity contribution >= 4 is 5.78 Å². The van der Waals surface area contributed by atoms with Gasteiger partial charge in [-0.05, 0) is 42.5 Å². The molecule has 102 valence electrons. The highest BCUT2D eigenvalue weighted by atomic mass is 16.5. The second-order valence-corrected chi connectivity index (χ2v) is 5.24. The quantitative estimate of drug-likeness (QED) is 0.768. The Morgan fingerprint density at radius 2 is 1.80 bits per heavy atom. The lowest BCUT2D eigenvalue weighted by atomic mass is 9.88. The van der Waals surface area contributed by atoms with Crippen LogP contribution in [0, 0.1) is 0 Å². The summed E-state index contributed by atoms with van der Waals surface area (Å²) in [5.74, 6) is 1.06. The lowest BCUT2D eigenvalue weighted by Gasteiger charge is -2.14. The molecule has 3 rings (SSSR count). The van der Waals surface area contributed by atoms with Gasteiger partial charge in [-0.25, -0.2) is 0 Å². The fourth-order valence-corrected chi connectivity index (χ4v) is 2.95. The van der Waals surface area contributed by atoms with Crippen molar-refractivity contribution in [3.8, 4) is 5.75 Å². The van der Waals surface area contributed by atoms with Gasteiger partial charge >= 0.3 is 0 Å². The van der Waals surface area contributed by atoms with Gasteiger partial charge in [0, 0.05) is 11.5 Å². The molecule has 2 heteroatoms. The molecule has 0 aromatic heterocycles. The van der Waals surface area contributed by atoms with Gasteiger partial charge in [-0.2, -0.15) is 0 Å². The Morgan fingerprint density at radius 1 is 1.05 bits per heavy atom. The topological polar surface area (TPSA) is 26.3 Å². The molecule has 0 radical (unpaired) electrons. The molecule has 0 aliphatic heterocycles. The smallest absolute Gasteiger partial charge is 0.170 e. The van der Waals surface area contributed by atoms with Crippen LogP contribution in [-0.2, 0) is 6.42 Å². The number of hydrogen-bond acceptors (Lipinski definition) is 2. The largest absolute Gasteiger partial charge is 0.497 e. The molecule has 2 aromatic carbocycles. The predicted octanol–water partition coefficient (Wildman–Crippen LogP) is 4.00. The van der Waals surface area contributed by atoms with E-state index in [-0.39, 0.29) is 11.7 Å². The van der Waals surface area contributed by atoms with E-state index in [1.165, 1.54) is 5.56 Å². The van der Waals surface area contributed by atoms with E-state index in [0.717, 1.165) is 36.1 Å². The summed E-state index contributed by atoms with van der Waals surface area (Å²) in [7, 11) is 1.65. The number of aryl methyl sites for hydroxylation is 1. The SMILES string of the molecule is COc1ccc([C@H]2CCCc3ccccc3C2=O)cc1. The Labute approximate surface area is 119 Å². The van der Waals surface area contributed by atoms with Crippen molar-refractivity contribution in [3.05, 3.63) is 65.2 Å². The first-order valence-electron chi connectivity index (χ1n) is 7.05. The summed E-state index contributed by atoms with van der Waals surface area (Å²) in [6.07, 6.45) is 2.97. The number of hydrogen-bond donors (Lipinski definition) is 0. The Morgan fingerprint density at radius 3 is 2.55 bits per heavy atom. The number of methoxy groups -OCH3 is 1. The zero-order valence-electron chi connectivity index (χ0n) is 11.6. The first kappa shape index (κ1) is 12.9. The summed E-state index contributed by atoms with van der Waals surface area (Å²) < 4.78 is 5.18. The van der Waals surface area contributed by atoms with Crippen LogP contribution in [0.1, 0.15) is 40.2 Å². The van der Waals surface area contributed by atoms with Crippen LogP contribution < -0.4 is 4.74 Å². The molecule has 2 nitrogen and oxygen atoms in total. The minimum Gasteiger partial charge on any atom is -0.497 e. The third-order valence-corrected chi connectivity index (χ3v) is 4.06. The van der Waals surface area contributed by atoms with E-state index < -0.39 is 0 Å². The van der Waals surface area contributed by atoms with Gasteiger partial charge in [0.15, 0.2) is 5.78 Å². The molecular weight excluding hydrogens is 248 g/mol. The van der Waals surface area contributed by atoms with Crippen LogP contribution in [0.25, 0.3) is 0 Å².